The lowest BCUT2D eigenvalue weighted by molar-refractivity contribution is -0.0975. The van der Waals surface area contributed by atoms with Gasteiger partial charge in [-0.2, -0.15) is 17.0 Å². The maximum atomic E-state index is 13.5. The van der Waals surface area contributed by atoms with Gasteiger partial charge in [-0.3, -0.25) is 15.1 Å². The van der Waals surface area contributed by atoms with Crippen LogP contribution in [0.5, 0.6) is 28.7 Å². The number of fused-ring (bicyclic) bond motifs is 12. The van der Waals surface area contributed by atoms with Crippen molar-refractivity contribution in [2.24, 2.45) is 0 Å². The predicted molar refractivity (Wildman–Crippen MR) is 242 cm³/mol. The Balaban J connectivity index is 1.11. The van der Waals surface area contributed by atoms with Crippen LogP contribution < -0.4 is 24.3 Å². The minimum absolute atomic E-state index is 0.0352. The Morgan fingerprint density at radius 2 is 1.75 bits per heavy atom. The van der Waals surface area contributed by atoms with Crippen LogP contribution in [0.25, 0.3) is 11.1 Å². The van der Waals surface area contributed by atoms with Crippen LogP contribution in [0.15, 0.2) is 67.3 Å². The quantitative estimate of drug-likeness (QED) is 0.104. The summed E-state index contributed by atoms with van der Waals surface area (Å²) >= 11 is 1.71. The minimum atomic E-state index is -0.766. The minimum Gasteiger partial charge on any atom is -0.504 e. The van der Waals surface area contributed by atoms with Crippen molar-refractivity contribution in [3.05, 3.63) is 112 Å². The third-order valence-corrected chi connectivity index (χ3v) is 14.4. The van der Waals surface area contributed by atoms with E-state index < -0.39 is 30.0 Å². The van der Waals surface area contributed by atoms with E-state index in [-0.39, 0.29) is 49.8 Å². The fourth-order valence-corrected chi connectivity index (χ4v) is 12.0. The molecule has 63 heavy (non-hydrogen) atoms. The molecule has 2 bridgehead atoms. The number of aromatic hydroxyl groups is 1. The fraction of sp³-hybridized carbons (Fsp3) is 0.440. The molecule has 4 aliphatic heterocycles. The van der Waals surface area contributed by atoms with Crippen LogP contribution in [-0.4, -0.2) is 96.6 Å². The van der Waals surface area contributed by atoms with E-state index in [9.17, 15) is 15.2 Å². The number of ether oxygens (including phenoxy) is 6. The molecule has 12 nitrogen and oxygen atoms in total. The van der Waals surface area contributed by atoms with Gasteiger partial charge in [0.2, 0.25) is 6.79 Å². The summed E-state index contributed by atoms with van der Waals surface area (Å²) in [4.78, 5) is 18.1. The van der Waals surface area contributed by atoms with Crippen LogP contribution >= 0.6 is 11.8 Å². The first-order chi connectivity index (χ1) is 30.3. The van der Waals surface area contributed by atoms with Gasteiger partial charge in [0.1, 0.15) is 30.2 Å². The average Bonchev–Trinajstić information content (AvgIpc) is 3.86. The van der Waals surface area contributed by atoms with Crippen LogP contribution in [0.2, 0.25) is 0 Å². The van der Waals surface area contributed by atoms with Gasteiger partial charge in [0, 0.05) is 51.8 Å². The number of nitrogens with one attached hydrogen (secondary N) is 1. The molecule has 9 rings (SSSR count). The van der Waals surface area contributed by atoms with E-state index in [1.807, 2.05) is 41.7 Å². The molecule has 4 heterocycles. The Labute approximate surface area is 374 Å². The molecular formula is C50H56N4O8S. The van der Waals surface area contributed by atoms with Crippen molar-refractivity contribution in [1.29, 1.82) is 5.26 Å². The number of nitrogens with zero attached hydrogens (tertiary/aromatic N) is 3. The van der Waals surface area contributed by atoms with Crippen molar-refractivity contribution in [3.63, 3.8) is 0 Å². The molecule has 6 atom stereocenters. The molecule has 0 radical (unpaired) electrons. The maximum Gasteiger partial charge on any atom is 0.409 e. The highest BCUT2D eigenvalue weighted by Crippen LogP contribution is 2.58. The Hall–Kier alpha value is -5.39. The molecule has 1 aliphatic carbocycles. The first-order valence-corrected chi connectivity index (χ1v) is 22.8. The molecular weight excluding hydrogens is 817 g/mol. The SMILES string of the molecule is C=CCOc1c(C)c2c(c3c1CC1[C@H]4c5c(cc(C)c(OC)c5O)C[C@@H]([C@H](C#N)N1[C@H]3COC(CSCC1c3ccccc3-c3ccccc31)NC(=O)OC(C)(C)C)N4C)OCO2. The number of amides is 1. The van der Waals surface area contributed by atoms with Gasteiger partial charge in [0.15, 0.2) is 23.0 Å². The first-order valence-electron chi connectivity index (χ1n) is 21.7. The number of hydrogen-bond donors (Lipinski definition) is 2. The highest BCUT2D eigenvalue weighted by atomic mass is 32.2. The topological polar surface area (TPSA) is 135 Å². The number of phenolic OH excluding ortho intramolecular Hbond substituents is 1. The molecule has 13 heteroatoms. The third-order valence-electron chi connectivity index (χ3n) is 13.3. The molecule has 1 fully saturated rings. The molecule has 0 spiro atoms. The normalized spacial score (nSPS) is 22.4. The van der Waals surface area contributed by atoms with E-state index in [0.29, 0.717) is 41.6 Å². The number of hydrogen-bond acceptors (Lipinski definition) is 12. The van der Waals surface area contributed by atoms with E-state index in [1.54, 1.807) is 24.9 Å². The third kappa shape index (κ3) is 7.44. The van der Waals surface area contributed by atoms with Gasteiger partial charge in [-0.1, -0.05) is 67.3 Å². The summed E-state index contributed by atoms with van der Waals surface area (Å²) in [6, 6.07) is 19.9. The van der Waals surface area contributed by atoms with Crippen molar-refractivity contribution < 1.29 is 38.3 Å². The molecule has 5 aliphatic rings. The van der Waals surface area contributed by atoms with Crippen molar-refractivity contribution in [2.45, 2.75) is 95.4 Å². The second-order valence-electron chi connectivity index (χ2n) is 18.1. The second kappa shape index (κ2) is 17.0. The van der Waals surface area contributed by atoms with Crippen molar-refractivity contribution in [3.8, 4) is 45.9 Å². The number of carbonyl (C=O) groups is 1. The lowest BCUT2D eigenvalue weighted by Crippen LogP contribution is -2.68. The smallest absolute Gasteiger partial charge is 0.409 e. The summed E-state index contributed by atoms with van der Waals surface area (Å²) in [7, 11) is 3.62. The van der Waals surface area contributed by atoms with Crippen LogP contribution in [0.3, 0.4) is 0 Å². The number of likely N-dealkylation sites (N-methyl/N-ethyl adjacent to an activating group) is 1. The first kappa shape index (κ1) is 42.9. The Kier molecular flexibility index (Phi) is 11.5. The molecule has 4 aromatic carbocycles. The highest BCUT2D eigenvalue weighted by molar-refractivity contribution is 7.99. The fourth-order valence-electron chi connectivity index (χ4n) is 10.8. The van der Waals surface area contributed by atoms with Gasteiger partial charge in [-0.15, -0.1) is 0 Å². The monoisotopic (exact) mass is 872 g/mol. The van der Waals surface area contributed by atoms with Crippen LogP contribution in [0.1, 0.15) is 83.3 Å². The van der Waals surface area contributed by atoms with Gasteiger partial charge in [0.05, 0.1) is 31.9 Å². The summed E-state index contributed by atoms with van der Waals surface area (Å²) in [6.07, 6.45) is 1.39. The van der Waals surface area contributed by atoms with Crippen LogP contribution in [0.4, 0.5) is 4.79 Å². The lowest BCUT2D eigenvalue weighted by atomic mass is 9.71. The largest absolute Gasteiger partial charge is 0.504 e. The van der Waals surface area contributed by atoms with E-state index >= 15 is 0 Å². The lowest BCUT2D eigenvalue weighted by Gasteiger charge is -2.60. The zero-order valence-corrected chi connectivity index (χ0v) is 37.8. The van der Waals surface area contributed by atoms with Gasteiger partial charge in [0.25, 0.3) is 0 Å². The van der Waals surface area contributed by atoms with Gasteiger partial charge in [-0.05, 0) is 87.9 Å². The van der Waals surface area contributed by atoms with Gasteiger partial charge < -0.3 is 33.5 Å². The standard InChI is InChI=1S/C50H56N4O8S/c1-9-18-58-46-28(3)47-48(61-26-60-47)42-34(46)21-37-43-41-29(19-27(2)45(57-8)44(41)55)20-36(53(43)7)38(22-51)54(37)39(42)23-59-40(52-49(56)62-50(4,5)6)25-63-24-35-32-16-12-10-14-30(32)31-15-11-13-17-33(31)35/h9-17,19,35-40,43,55H,1,18,20-21,23-26H2,2-8H3,(H,52,56)/t36-,37?,38-,39-,40?,43-/m0/s1. The number of carbonyl (C=O) groups excluding carboxylic acids is 1. The van der Waals surface area contributed by atoms with E-state index in [1.165, 1.54) is 22.3 Å². The van der Waals surface area contributed by atoms with Crippen molar-refractivity contribution in [2.75, 3.05) is 45.7 Å². The number of nitriles is 1. The number of piperazine rings is 1. The molecule has 1 amide bonds. The number of alkyl carbamates (subject to hydrolysis) is 1. The molecule has 1 saturated heterocycles. The molecule has 2 N–H and O–H groups in total. The van der Waals surface area contributed by atoms with Crippen molar-refractivity contribution >= 4 is 17.9 Å². The molecule has 2 unspecified atom stereocenters. The summed E-state index contributed by atoms with van der Waals surface area (Å²) in [5.41, 5.74) is 9.57. The summed E-state index contributed by atoms with van der Waals surface area (Å²) < 4.78 is 37.5. The van der Waals surface area contributed by atoms with Crippen molar-refractivity contribution in [1.82, 2.24) is 15.1 Å². The molecule has 0 saturated carbocycles. The number of thioether (sulfide) groups is 1. The molecule has 330 valence electrons. The van der Waals surface area contributed by atoms with Gasteiger partial charge >= 0.3 is 6.09 Å². The predicted octanol–water partition coefficient (Wildman–Crippen LogP) is 8.50. The number of rotatable bonds is 12. The van der Waals surface area contributed by atoms with E-state index in [2.05, 4.69) is 82.4 Å². The number of benzene rings is 4. The second-order valence-corrected chi connectivity index (χ2v) is 19.2. The Morgan fingerprint density at radius 1 is 1.05 bits per heavy atom. The Bertz CT molecular complexity index is 2450. The number of methoxy groups -OCH3 is 1. The van der Waals surface area contributed by atoms with E-state index in [4.69, 9.17) is 28.4 Å². The van der Waals surface area contributed by atoms with Crippen LogP contribution in [-0.2, 0) is 22.3 Å². The summed E-state index contributed by atoms with van der Waals surface area (Å²) in [6.45, 7) is 13.7. The average molecular weight is 873 g/mol. The Morgan fingerprint density at radius 3 is 2.41 bits per heavy atom. The summed E-state index contributed by atoms with van der Waals surface area (Å²) in [5, 5.41) is 26.3. The highest BCUT2D eigenvalue weighted by Gasteiger charge is 2.57. The van der Waals surface area contributed by atoms with E-state index in [0.717, 1.165) is 39.1 Å². The molecule has 0 aromatic heterocycles. The zero-order chi connectivity index (χ0) is 44.3. The number of aryl methyl sites for hydroxylation is 1. The molecule has 4 aromatic rings. The number of phenols is 1. The maximum absolute atomic E-state index is 13.5. The van der Waals surface area contributed by atoms with Gasteiger partial charge in [-0.25, -0.2) is 4.79 Å². The zero-order valence-electron chi connectivity index (χ0n) is 37.0. The summed E-state index contributed by atoms with van der Waals surface area (Å²) in [5.74, 6) is 3.81. The van der Waals surface area contributed by atoms with Crippen LogP contribution in [0, 0.1) is 25.2 Å².